The van der Waals surface area contributed by atoms with E-state index >= 15 is 0 Å². The fourth-order valence-corrected chi connectivity index (χ4v) is 3.20. The van der Waals surface area contributed by atoms with Crippen LogP contribution in [-0.4, -0.2) is 22.5 Å². The fourth-order valence-electron chi connectivity index (χ4n) is 3.20. The van der Waals surface area contributed by atoms with Gasteiger partial charge >= 0.3 is 0 Å². The lowest BCUT2D eigenvalue weighted by Crippen LogP contribution is -2.31. The highest BCUT2D eigenvalue weighted by Crippen LogP contribution is 2.33. The van der Waals surface area contributed by atoms with Gasteiger partial charge in [-0.1, -0.05) is 42.5 Å². The molecule has 0 bridgehead atoms. The summed E-state index contributed by atoms with van der Waals surface area (Å²) in [5, 5.41) is 10.2. The monoisotopic (exact) mass is 313 g/mol. The van der Waals surface area contributed by atoms with E-state index < -0.39 is 11.9 Å². The van der Waals surface area contributed by atoms with Crippen molar-refractivity contribution < 1.29 is 14.3 Å². The van der Waals surface area contributed by atoms with Crippen LogP contribution in [0.1, 0.15) is 42.5 Å². The predicted octanol–water partition coefficient (Wildman–Crippen LogP) is 3.61. The second-order valence-electron chi connectivity index (χ2n) is 5.93. The van der Waals surface area contributed by atoms with Gasteiger partial charge in [0.05, 0.1) is 18.6 Å². The van der Waals surface area contributed by atoms with Crippen molar-refractivity contribution >= 4 is 5.91 Å². The Hall–Kier alpha value is -2.20. The van der Waals surface area contributed by atoms with Crippen molar-refractivity contribution in [3.63, 3.8) is 0 Å². The van der Waals surface area contributed by atoms with Gasteiger partial charge in [-0.2, -0.15) is 0 Å². The van der Waals surface area contributed by atoms with Gasteiger partial charge in [-0.25, -0.2) is 4.39 Å². The summed E-state index contributed by atoms with van der Waals surface area (Å²) < 4.78 is 13.2. The third kappa shape index (κ3) is 3.59. The summed E-state index contributed by atoms with van der Waals surface area (Å²) in [7, 11) is 0. The largest absolute Gasteiger partial charge is 0.388 e. The standard InChI is InChI=1S/C19H20FNO2/c20-16-9-4-8-15(12-16)18(22)13-19(23)21-11-5-10-17(21)14-6-2-1-3-7-14/h1-4,6-9,12,17-18,22H,5,10-11,13H2. The summed E-state index contributed by atoms with van der Waals surface area (Å²) in [4.78, 5) is 14.4. The number of aliphatic hydroxyl groups is 1. The minimum Gasteiger partial charge on any atom is -0.388 e. The second kappa shape index (κ2) is 6.92. The number of nitrogens with zero attached hydrogens (tertiary/aromatic N) is 1. The van der Waals surface area contributed by atoms with Crippen LogP contribution in [0, 0.1) is 5.82 Å². The van der Waals surface area contributed by atoms with Gasteiger partial charge in [0.15, 0.2) is 0 Å². The third-order valence-corrected chi connectivity index (χ3v) is 4.36. The first-order valence-electron chi connectivity index (χ1n) is 7.93. The lowest BCUT2D eigenvalue weighted by Gasteiger charge is -2.26. The molecule has 120 valence electrons. The Morgan fingerprint density at radius 3 is 2.74 bits per heavy atom. The summed E-state index contributed by atoms with van der Waals surface area (Å²) in [6.07, 6.45) is 0.898. The Labute approximate surface area is 135 Å². The molecule has 1 heterocycles. The molecular formula is C19H20FNO2. The molecule has 2 atom stereocenters. The van der Waals surface area contributed by atoms with E-state index in [1.165, 1.54) is 12.1 Å². The van der Waals surface area contributed by atoms with Crippen molar-refractivity contribution in [2.45, 2.75) is 31.4 Å². The molecule has 2 aromatic carbocycles. The molecule has 1 aliphatic rings. The van der Waals surface area contributed by atoms with Crippen molar-refractivity contribution in [3.05, 3.63) is 71.5 Å². The van der Waals surface area contributed by atoms with E-state index in [9.17, 15) is 14.3 Å². The Bertz CT molecular complexity index is 674. The summed E-state index contributed by atoms with van der Waals surface area (Å²) in [6.45, 7) is 0.703. The first-order valence-corrected chi connectivity index (χ1v) is 7.93. The molecule has 3 rings (SSSR count). The zero-order valence-corrected chi connectivity index (χ0v) is 12.9. The number of likely N-dealkylation sites (tertiary alicyclic amines) is 1. The average Bonchev–Trinajstić information content (AvgIpc) is 3.05. The van der Waals surface area contributed by atoms with Gasteiger partial charge in [0.25, 0.3) is 0 Å². The summed E-state index contributed by atoms with van der Waals surface area (Å²) in [5.41, 5.74) is 1.56. The zero-order chi connectivity index (χ0) is 16.2. The molecular weight excluding hydrogens is 293 g/mol. The van der Waals surface area contributed by atoms with Crippen LogP contribution in [0.5, 0.6) is 0 Å². The van der Waals surface area contributed by atoms with Crippen LogP contribution >= 0.6 is 0 Å². The molecule has 0 aliphatic carbocycles. The SMILES string of the molecule is O=C(CC(O)c1cccc(F)c1)N1CCCC1c1ccccc1. The molecule has 1 amide bonds. The molecule has 0 aromatic heterocycles. The maximum atomic E-state index is 13.2. The first-order chi connectivity index (χ1) is 11.1. The van der Waals surface area contributed by atoms with Gasteiger partial charge in [0.2, 0.25) is 5.91 Å². The van der Waals surface area contributed by atoms with Crippen molar-refractivity contribution in [2.24, 2.45) is 0 Å². The number of benzene rings is 2. The summed E-state index contributed by atoms with van der Waals surface area (Å²) >= 11 is 0. The van der Waals surface area contributed by atoms with Crippen molar-refractivity contribution in [2.75, 3.05) is 6.54 Å². The normalized spacial score (nSPS) is 18.9. The number of hydrogen-bond acceptors (Lipinski definition) is 2. The minimum atomic E-state index is -0.977. The van der Waals surface area contributed by atoms with Gasteiger partial charge < -0.3 is 10.0 Å². The van der Waals surface area contributed by atoms with Crippen LogP contribution < -0.4 is 0 Å². The third-order valence-electron chi connectivity index (χ3n) is 4.36. The molecule has 1 N–H and O–H groups in total. The minimum absolute atomic E-state index is 0.0210. The number of halogens is 1. The Balaban J connectivity index is 1.70. The molecule has 23 heavy (non-hydrogen) atoms. The van der Waals surface area contributed by atoms with E-state index in [1.54, 1.807) is 12.1 Å². The molecule has 1 aliphatic heterocycles. The highest BCUT2D eigenvalue weighted by atomic mass is 19.1. The van der Waals surface area contributed by atoms with Crippen molar-refractivity contribution in [1.29, 1.82) is 0 Å². The highest BCUT2D eigenvalue weighted by Gasteiger charge is 2.30. The number of amides is 1. The zero-order valence-electron chi connectivity index (χ0n) is 12.9. The second-order valence-corrected chi connectivity index (χ2v) is 5.93. The van der Waals surface area contributed by atoms with E-state index in [0.29, 0.717) is 12.1 Å². The Morgan fingerprint density at radius 2 is 2.00 bits per heavy atom. The number of hydrogen-bond donors (Lipinski definition) is 1. The maximum absolute atomic E-state index is 13.2. The van der Waals surface area contributed by atoms with E-state index in [0.717, 1.165) is 18.4 Å². The molecule has 3 nitrogen and oxygen atoms in total. The maximum Gasteiger partial charge on any atom is 0.226 e. The quantitative estimate of drug-likeness (QED) is 0.936. The van der Waals surface area contributed by atoms with Gasteiger partial charge in [0, 0.05) is 6.54 Å². The van der Waals surface area contributed by atoms with Crippen LogP contribution in [0.25, 0.3) is 0 Å². The van der Waals surface area contributed by atoms with Crippen LogP contribution in [-0.2, 0) is 4.79 Å². The van der Waals surface area contributed by atoms with Crippen LogP contribution in [0.2, 0.25) is 0 Å². The van der Waals surface area contributed by atoms with E-state index in [2.05, 4.69) is 0 Å². The molecule has 2 unspecified atom stereocenters. The Morgan fingerprint density at radius 1 is 1.22 bits per heavy atom. The topological polar surface area (TPSA) is 40.5 Å². The van der Waals surface area contributed by atoms with Crippen molar-refractivity contribution in [3.8, 4) is 0 Å². The molecule has 2 aromatic rings. The molecule has 0 spiro atoms. The van der Waals surface area contributed by atoms with Crippen molar-refractivity contribution in [1.82, 2.24) is 4.90 Å². The summed E-state index contributed by atoms with van der Waals surface area (Å²) in [6, 6.07) is 15.8. The first kappa shape index (κ1) is 15.7. The van der Waals surface area contributed by atoms with Gasteiger partial charge in [0.1, 0.15) is 5.82 Å². The van der Waals surface area contributed by atoms with Gasteiger partial charge in [-0.05, 0) is 36.1 Å². The highest BCUT2D eigenvalue weighted by molar-refractivity contribution is 5.77. The number of rotatable bonds is 4. The molecule has 1 fully saturated rings. The van der Waals surface area contributed by atoms with E-state index in [4.69, 9.17) is 0 Å². The van der Waals surface area contributed by atoms with Crippen LogP contribution in [0.3, 0.4) is 0 Å². The number of aliphatic hydroxyl groups excluding tert-OH is 1. The number of carbonyl (C=O) groups is 1. The molecule has 4 heteroatoms. The molecule has 1 saturated heterocycles. The smallest absolute Gasteiger partial charge is 0.226 e. The van der Waals surface area contributed by atoms with Gasteiger partial charge in [-0.3, -0.25) is 4.79 Å². The van der Waals surface area contributed by atoms with E-state index in [-0.39, 0.29) is 18.4 Å². The molecule has 0 radical (unpaired) electrons. The van der Waals surface area contributed by atoms with Crippen LogP contribution in [0.15, 0.2) is 54.6 Å². The predicted molar refractivity (Wildman–Crippen MR) is 86.1 cm³/mol. The average molecular weight is 313 g/mol. The van der Waals surface area contributed by atoms with Crippen LogP contribution in [0.4, 0.5) is 4.39 Å². The summed E-state index contributed by atoms with van der Waals surface area (Å²) in [5.74, 6) is -0.495. The Kier molecular flexibility index (Phi) is 4.72. The lowest BCUT2D eigenvalue weighted by molar-refractivity contribution is -0.134. The fraction of sp³-hybridized carbons (Fsp3) is 0.316. The lowest BCUT2D eigenvalue weighted by atomic mass is 10.0. The van der Waals surface area contributed by atoms with E-state index in [1.807, 2.05) is 35.2 Å². The van der Waals surface area contributed by atoms with Gasteiger partial charge in [-0.15, -0.1) is 0 Å². The molecule has 0 saturated carbocycles. The number of carbonyl (C=O) groups excluding carboxylic acids is 1.